The molecule has 1 aromatic heterocycles. The van der Waals surface area contributed by atoms with Gasteiger partial charge in [0.1, 0.15) is 5.82 Å². The lowest BCUT2D eigenvalue weighted by molar-refractivity contribution is -0.763. The zero-order valence-corrected chi connectivity index (χ0v) is 17.5. The number of H-pyrrole nitrogens is 1. The highest BCUT2D eigenvalue weighted by Crippen LogP contribution is 2.39. The fourth-order valence-electron chi connectivity index (χ4n) is 3.53. The normalized spacial score (nSPS) is 14.8. The molecule has 0 bridgehead atoms. The third kappa shape index (κ3) is 3.32. The lowest BCUT2D eigenvalue weighted by atomic mass is 10.0. The van der Waals surface area contributed by atoms with E-state index in [4.69, 9.17) is 11.6 Å². The van der Waals surface area contributed by atoms with Gasteiger partial charge in [0.15, 0.2) is 0 Å². The van der Waals surface area contributed by atoms with Crippen LogP contribution in [0.5, 0.6) is 0 Å². The Hall–Kier alpha value is -2.97. The number of carbonyl (C=O) groups excluding carboxylic acids is 1. The molecule has 30 heavy (non-hydrogen) atoms. The number of hydrogen-bond acceptors (Lipinski definition) is 4. The van der Waals surface area contributed by atoms with Crippen LogP contribution in [-0.2, 0) is 4.79 Å². The van der Waals surface area contributed by atoms with Crippen LogP contribution in [0.2, 0.25) is 5.02 Å². The number of rotatable bonds is 4. The van der Waals surface area contributed by atoms with E-state index in [2.05, 4.69) is 16.7 Å². The van der Waals surface area contributed by atoms with Crippen LogP contribution in [0, 0.1) is 5.82 Å². The van der Waals surface area contributed by atoms with Crippen molar-refractivity contribution in [1.82, 2.24) is 10.1 Å². The van der Waals surface area contributed by atoms with Crippen LogP contribution >= 0.6 is 23.4 Å². The van der Waals surface area contributed by atoms with Gasteiger partial charge in [0.2, 0.25) is 11.1 Å². The maximum Gasteiger partial charge on any atom is 0.325 e. The molecule has 1 N–H and O–H groups in total. The minimum Gasteiger partial charge on any atom is -0.291 e. The van der Waals surface area contributed by atoms with Gasteiger partial charge in [-0.25, -0.2) is 9.29 Å². The molecule has 2 aromatic carbocycles. The second-order valence-corrected chi connectivity index (χ2v) is 7.98. The summed E-state index contributed by atoms with van der Waals surface area (Å²) < 4.78 is 16.4. The number of hydrogen-bond donors (Lipinski definition) is 1. The minimum atomic E-state index is -1.06. The number of fused-ring (bicyclic) bond motifs is 3. The Morgan fingerprint density at radius 1 is 1.37 bits per heavy atom. The van der Waals surface area contributed by atoms with E-state index < -0.39 is 17.5 Å². The molecule has 3 aromatic rings. The maximum absolute atomic E-state index is 15.0. The number of carbonyl (C=O) groups is 1. The minimum absolute atomic E-state index is 0.0629. The highest BCUT2D eigenvalue weighted by molar-refractivity contribution is 7.99. The van der Waals surface area contributed by atoms with E-state index >= 15 is 0 Å². The molecule has 1 aliphatic heterocycles. The van der Waals surface area contributed by atoms with Gasteiger partial charge in [0, 0.05) is 17.8 Å². The summed E-state index contributed by atoms with van der Waals surface area (Å²) in [4.78, 5) is 29.9. The lowest BCUT2D eigenvalue weighted by Gasteiger charge is -2.31. The van der Waals surface area contributed by atoms with E-state index in [0.29, 0.717) is 22.2 Å². The number of thioether (sulfide) groups is 1. The summed E-state index contributed by atoms with van der Waals surface area (Å²) in [6, 6.07) is 11.2. The number of nitrogens with one attached hydrogen (secondary N) is 1. The monoisotopic (exact) mass is 443 g/mol. The van der Waals surface area contributed by atoms with Crippen molar-refractivity contribution in [2.45, 2.75) is 18.2 Å². The quantitative estimate of drug-likeness (QED) is 0.379. The topological polar surface area (TPSA) is 69.9 Å². The van der Waals surface area contributed by atoms with Crippen LogP contribution in [-0.4, -0.2) is 21.7 Å². The van der Waals surface area contributed by atoms with Crippen LogP contribution in [0.3, 0.4) is 0 Å². The van der Waals surface area contributed by atoms with E-state index in [0.717, 1.165) is 0 Å². The first-order valence-corrected chi connectivity index (χ1v) is 10.4. The van der Waals surface area contributed by atoms with E-state index in [1.807, 2.05) is 0 Å². The molecule has 4 rings (SSSR count). The fraction of sp³-hybridized carbons (Fsp3) is 0.143. The van der Waals surface area contributed by atoms with Gasteiger partial charge in [-0.2, -0.15) is 0 Å². The second-order valence-electron chi connectivity index (χ2n) is 6.57. The molecule has 9 heteroatoms. The van der Waals surface area contributed by atoms with Crippen molar-refractivity contribution in [2.75, 3.05) is 10.7 Å². The van der Waals surface area contributed by atoms with Gasteiger partial charge < -0.3 is 0 Å². The highest BCUT2D eigenvalue weighted by Gasteiger charge is 2.46. The molecule has 6 nitrogen and oxygen atoms in total. The Balaban J connectivity index is 2.09. The number of anilines is 1. The first-order valence-electron chi connectivity index (χ1n) is 9.07. The molecule has 152 valence electrons. The molecule has 0 saturated heterocycles. The van der Waals surface area contributed by atoms with E-state index in [1.165, 1.54) is 40.4 Å². The van der Waals surface area contributed by atoms with E-state index in [9.17, 15) is 14.0 Å². The molecule has 1 atom stereocenters. The van der Waals surface area contributed by atoms with Crippen LogP contribution in [0.15, 0.2) is 65.1 Å². The van der Waals surface area contributed by atoms with Gasteiger partial charge in [-0.3, -0.25) is 14.6 Å². The van der Waals surface area contributed by atoms with Crippen LogP contribution in [0.4, 0.5) is 10.1 Å². The zero-order valence-electron chi connectivity index (χ0n) is 15.9. The molecule has 0 radical (unpaired) electrons. The Morgan fingerprint density at radius 2 is 2.13 bits per heavy atom. The Bertz CT molecular complexity index is 1210. The third-order valence-corrected chi connectivity index (χ3v) is 5.88. The van der Waals surface area contributed by atoms with Crippen molar-refractivity contribution >= 4 is 35.0 Å². The van der Waals surface area contributed by atoms with Gasteiger partial charge in [-0.1, -0.05) is 47.6 Å². The third-order valence-electron chi connectivity index (χ3n) is 4.69. The number of para-hydroxylation sites is 1. The lowest BCUT2D eigenvalue weighted by Crippen LogP contribution is -2.61. The molecule has 0 aliphatic carbocycles. The van der Waals surface area contributed by atoms with Crippen LogP contribution < -0.4 is 15.1 Å². The van der Waals surface area contributed by atoms with Crippen molar-refractivity contribution in [3.05, 3.63) is 81.9 Å². The molecule has 1 aliphatic rings. The van der Waals surface area contributed by atoms with Crippen molar-refractivity contribution in [1.29, 1.82) is 0 Å². The molecule has 0 fully saturated rings. The number of aromatic amines is 1. The molecule has 0 saturated carbocycles. The summed E-state index contributed by atoms with van der Waals surface area (Å²) in [6.45, 7) is 5.05. The summed E-state index contributed by atoms with van der Waals surface area (Å²) in [5.41, 5.74) is 0.881. The van der Waals surface area contributed by atoms with Gasteiger partial charge in [0.25, 0.3) is 6.17 Å². The van der Waals surface area contributed by atoms with Crippen molar-refractivity contribution in [2.24, 2.45) is 0 Å². The number of benzene rings is 2. The number of nitrogens with zero attached hydrogens (tertiary/aromatic N) is 3. The average Bonchev–Trinajstić information content (AvgIpc) is 2.71. The predicted molar refractivity (Wildman–Crippen MR) is 114 cm³/mol. The van der Waals surface area contributed by atoms with E-state index in [-0.39, 0.29) is 22.2 Å². The molecule has 2 heterocycles. The molecule has 1 amide bonds. The summed E-state index contributed by atoms with van der Waals surface area (Å²) in [6.07, 6.45) is 0.614. The van der Waals surface area contributed by atoms with Crippen molar-refractivity contribution < 1.29 is 13.9 Å². The summed E-state index contributed by atoms with van der Waals surface area (Å²) in [5, 5.41) is 4.99. The largest absolute Gasteiger partial charge is 0.325 e. The highest BCUT2D eigenvalue weighted by atomic mass is 35.5. The Morgan fingerprint density at radius 3 is 2.83 bits per heavy atom. The number of amides is 1. The molecular formula is C21H17ClFN4O2S+. The van der Waals surface area contributed by atoms with Crippen molar-refractivity contribution in [3.63, 3.8) is 0 Å². The molecular weight excluding hydrogens is 427 g/mol. The average molecular weight is 444 g/mol. The standard InChI is InChI=1S/C21H16ClFN4O2S/c1-3-11-30-21-24-19(29)18-13-7-4-5-10-16(13)26(12(2)28)20(27(18)25-21)17-14(22)8-6-9-15(17)23/h3-10,20H,1,11H2,2H3/p+1/t20-/m0/s1. The van der Waals surface area contributed by atoms with E-state index in [1.54, 1.807) is 36.4 Å². The van der Waals surface area contributed by atoms with Crippen LogP contribution in [0.1, 0.15) is 18.7 Å². The van der Waals surface area contributed by atoms with Crippen molar-refractivity contribution in [3.8, 4) is 11.3 Å². The van der Waals surface area contributed by atoms with Gasteiger partial charge in [0.05, 0.1) is 21.8 Å². The smallest absolute Gasteiger partial charge is 0.291 e. The van der Waals surface area contributed by atoms with Crippen LogP contribution in [0.25, 0.3) is 11.3 Å². The second kappa shape index (κ2) is 8.04. The summed E-state index contributed by atoms with van der Waals surface area (Å²) in [5.74, 6) is -0.424. The first-order chi connectivity index (χ1) is 14.4. The SMILES string of the molecule is C=CCSc1n[n+]2c(c(=O)[nH]1)-c1ccccc1N(C(C)=O)[C@@H]2c1c(F)cccc1Cl. The summed E-state index contributed by atoms with van der Waals surface area (Å²) in [7, 11) is 0. The van der Waals surface area contributed by atoms with Gasteiger partial charge in [-0.15, -0.1) is 6.58 Å². The number of halogens is 2. The number of aromatic nitrogens is 3. The molecule has 0 unspecified atom stereocenters. The summed E-state index contributed by atoms with van der Waals surface area (Å²) >= 11 is 7.63. The Labute approximate surface area is 181 Å². The van der Waals surface area contributed by atoms with Gasteiger partial charge >= 0.3 is 11.3 Å². The Kier molecular flexibility index (Phi) is 5.44. The first kappa shape index (κ1) is 20.3. The fourth-order valence-corrected chi connectivity index (χ4v) is 4.38. The predicted octanol–water partition coefficient (Wildman–Crippen LogP) is 3.71. The van der Waals surface area contributed by atoms with Gasteiger partial charge in [-0.05, 0) is 28.9 Å². The maximum atomic E-state index is 15.0. The molecule has 0 spiro atoms. The zero-order chi connectivity index (χ0) is 21.4.